The number of aromatic carboxylic acids is 1. The third-order valence-corrected chi connectivity index (χ3v) is 5.09. The molecule has 2 aromatic rings. The molecule has 1 atom stereocenters. The first-order valence-corrected chi connectivity index (χ1v) is 8.97. The van der Waals surface area contributed by atoms with Gasteiger partial charge in [0.25, 0.3) is 11.1 Å². The van der Waals surface area contributed by atoms with Crippen molar-refractivity contribution in [3.8, 4) is 11.3 Å². The van der Waals surface area contributed by atoms with Crippen molar-refractivity contribution >= 4 is 35.0 Å². The summed E-state index contributed by atoms with van der Waals surface area (Å²) in [6, 6.07) is 7.82. The Morgan fingerprint density at radius 2 is 2.04 bits per heavy atom. The molecule has 27 heavy (non-hydrogen) atoms. The van der Waals surface area contributed by atoms with Crippen LogP contribution in [0.5, 0.6) is 0 Å². The van der Waals surface area contributed by atoms with Crippen LogP contribution in [0.2, 0.25) is 0 Å². The third-order valence-electron chi connectivity index (χ3n) is 4.21. The van der Waals surface area contributed by atoms with Crippen molar-refractivity contribution in [1.82, 2.24) is 4.90 Å². The zero-order valence-electron chi connectivity index (χ0n) is 14.8. The molecule has 1 saturated heterocycles. The fourth-order valence-corrected chi connectivity index (χ4v) is 3.61. The smallest absolute Gasteiger partial charge is 0.335 e. The first-order valence-electron chi connectivity index (χ1n) is 8.15. The van der Waals surface area contributed by atoms with Crippen molar-refractivity contribution < 1.29 is 23.9 Å². The number of amides is 2. The number of furan rings is 1. The molecule has 1 aliphatic heterocycles. The van der Waals surface area contributed by atoms with Gasteiger partial charge in [0.15, 0.2) is 0 Å². The SMILES string of the molecule is C=C[C@@H](C)N1C(=O)S/C(=C\c2ccc(-c3ccc(C(=O)O)cc3C)o2)C1=O. The van der Waals surface area contributed by atoms with Gasteiger partial charge >= 0.3 is 5.97 Å². The van der Waals surface area contributed by atoms with Crippen LogP contribution in [0.3, 0.4) is 0 Å². The average Bonchev–Trinajstić information content (AvgIpc) is 3.19. The minimum Gasteiger partial charge on any atom is -0.478 e. The zero-order valence-corrected chi connectivity index (χ0v) is 15.6. The van der Waals surface area contributed by atoms with E-state index in [9.17, 15) is 14.4 Å². The molecular formula is C20H17NO5S. The van der Waals surface area contributed by atoms with E-state index in [1.54, 1.807) is 38.1 Å². The molecule has 3 rings (SSSR count). The van der Waals surface area contributed by atoms with E-state index < -0.39 is 5.97 Å². The largest absolute Gasteiger partial charge is 0.478 e. The predicted octanol–water partition coefficient (Wildman–Crippen LogP) is 4.56. The lowest BCUT2D eigenvalue weighted by atomic mass is 10.0. The minimum atomic E-state index is -0.991. The van der Waals surface area contributed by atoms with E-state index in [1.807, 2.05) is 0 Å². The molecule has 2 amide bonds. The predicted molar refractivity (Wildman–Crippen MR) is 103 cm³/mol. The number of thioether (sulfide) groups is 1. The highest BCUT2D eigenvalue weighted by Crippen LogP contribution is 2.35. The number of imide groups is 1. The van der Waals surface area contributed by atoms with Crippen molar-refractivity contribution in [2.75, 3.05) is 0 Å². The fraction of sp³-hybridized carbons (Fsp3) is 0.150. The maximum absolute atomic E-state index is 12.4. The van der Waals surface area contributed by atoms with Gasteiger partial charge in [-0.3, -0.25) is 14.5 Å². The summed E-state index contributed by atoms with van der Waals surface area (Å²) >= 11 is 0.859. The molecule has 0 unspecified atom stereocenters. The molecule has 6 nitrogen and oxygen atoms in total. The number of carbonyl (C=O) groups excluding carboxylic acids is 2. The number of carboxylic acid groups (broad SMARTS) is 1. The normalized spacial score (nSPS) is 16.8. The van der Waals surface area contributed by atoms with Gasteiger partial charge in [-0.25, -0.2) is 4.79 Å². The number of nitrogens with zero attached hydrogens (tertiary/aromatic N) is 1. The second-order valence-corrected chi connectivity index (χ2v) is 7.06. The number of aryl methyl sites for hydroxylation is 1. The van der Waals surface area contributed by atoms with Crippen LogP contribution >= 0.6 is 11.8 Å². The van der Waals surface area contributed by atoms with Gasteiger partial charge in [-0.05, 0) is 55.4 Å². The van der Waals surface area contributed by atoms with Gasteiger partial charge in [0.05, 0.1) is 16.5 Å². The first kappa shape index (κ1) is 18.7. The molecule has 1 aromatic heterocycles. The Kier molecular flexibility index (Phi) is 5.05. The second kappa shape index (κ2) is 7.28. The minimum absolute atomic E-state index is 0.202. The number of carbonyl (C=O) groups is 3. The molecule has 0 bridgehead atoms. The lowest BCUT2D eigenvalue weighted by molar-refractivity contribution is -0.123. The van der Waals surface area contributed by atoms with Crippen LogP contribution in [-0.4, -0.2) is 33.2 Å². The molecule has 0 aliphatic carbocycles. The van der Waals surface area contributed by atoms with Crippen LogP contribution in [-0.2, 0) is 4.79 Å². The summed E-state index contributed by atoms with van der Waals surface area (Å²) in [6.07, 6.45) is 3.07. The Morgan fingerprint density at radius 1 is 1.30 bits per heavy atom. The van der Waals surface area contributed by atoms with Crippen molar-refractivity contribution in [2.24, 2.45) is 0 Å². The Hall–Kier alpha value is -3.06. The molecule has 138 valence electrons. The Balaban J connectivity index is 1.88. The van der Waals surface area contributed by atoms with Crippen LogP contribution < -0.4 is 0 Å². The standard InChI is InChI=1S/C20H17NO5S/c1-4-12(3)21-18(22)17(27-20(21)25)10-14-6-8-16(26-14)15-7-5-13(19(23)24)9-11(15)2/h4-10,12H,1H2,2-3H3,(H,23,24)/b17-10-/t12-/m1/s1. The highest BCUT2D eigenvalue weighted by molar-refractivity contribution is 8.18. The summed E-state index contributed by atoms with van der Waals surface area (Å²) in [5.74, 6) is -0.385. The molecule has 0 radical (unpaired) electrons. The van der Waals surface area contributed by atoms with E-state index in [0.29, 0.717) is 11.5 Å². The average molecular weight is 383 g/mol. The van der Waals surface area contributed by atoms with E-state index in [4.69, 9.17) is 9.52 Å². The van der Waals surface area contributed by atoms with Gasteiger partial charge in [0.2, 0.25) is 0 Å². The maximum Gasteiger partial charge on any atom is 0.335 e. The topological polar surface area (TPSA) is 87.8 Å². The molecule has 1 aliphatic rings. The van der Waals surface area contributed by atoms with Crippen molar-refractivity contribution in [3.63, 3.8) is 0 Å². The molecule has 2 heterocycles. The van der Waals surface area contributed by atoms with Crippen molar-refractivity contribution in [3.05, 3.63) is 64.8 Å². The summed E-state index contributed by atoms with van der Waals surface area (Å²) < 4.78 is 5.78. The van der Waals surface area contributed by atoms with Crippen LogP contribution in [0.1, 0.15) is 28.6 Å². The van der Waals surface area contributed by atoms with Gasteiger partial charge in [0, 0.05) is 11.6 Å². The van der Waals surface area contributed by atoms with Crippen molar-refractivity contribution in [2.45, 2.75) is 19.9 Å². The van der Waals surface area contributed by atoms with Gasteiger partial charge in [0.1, 0.15) is 11.5 Å². The van der Waals surface area contributed by atoms with E-state index in [1.165, 1.54) is 18.2 Å². The van der Waals surface area contributed by atoms with E-state index in [-0.39, 0.29) is 27.7 Å². The van der Waals surface area contributed by atoms with Gasteiger partial charge in [-0.15, -0.1) is 6.58 Å². The van der Waals surface area contributed by atoms with E-state index >= 15 is 0 Å². The van der Waals surface area contributed by atoms with E-state index in [0.717, 1.165) is 27.8 Å². The van der Waals surface area contributed by atoms with Gasteiger partial charge in [-0.1, -0.05) is 12.1 Å². The molecular weight excluding hydrogens is 366 g/mol. The Bertz CT molecular complexity index is 988. The fourth-order valence-electron chi connectivity index (χ4n) is 2.71. The number of hydrogen-bond acceptors (Lipinski definition) is 5. The highest BCUT2D eigenvalue weighted by atomic mass is 32.2. The summed E-state index contributed by atoms with van der Waals surface area (Å²) in [5, 5.41) is 8.71. The van der Waals surface area contributed by atoms with Gasteiger partial charge < -0.3 is 9.52 Å². The Morgan fingerprint density at radius 3 is 2.67 bits per heavy atom. The molecule has 0 saturated carbocycles. The quantitative estimate of drug-likeness (QED) is 0.601. The second-order valence-electron chi connectivity index (χ2n) is 6.06. The van der Waals surface area contributed by atoms with Crippen LogP contribution in [0, 0.1) is 6.92 Å². The summed E-state index contributed by atoms with van der Waals surface area (Å²) in [4.78, 5) is 37.0. The molecule has 0 spiro atoms. The molecule has 7 heteroatoms. The molecule has 1 fully saturated rings. The van der Waals surface area contributed by atoms with Crippen molar-refractivity contribution in [1.29, 1.82) is 0 Å². The monoisotopic (exact) mass is 383 g/mol. The summed E-state index contributed by atoms with van der Waals surface area (Å²) in [6.45, 7) is 7.14. The lowest BCUT2D eigenvalue weighted by Crippen LogP contribution is -2.35. The molecule has 1 N–H and O–H groups in total. The van der Waals surface area contributed by atoms with Gasteiger partial charge in [-0.2, -0.15) is 0 Å². The molecule has 1 aromatic carbocycles. The highest BCUT2D eigenvalue weighted by Gasteiger charge is 2.37. The number of carboxylic acids is 1. The van der Waals surface area contributed by atoms with Crippen LogP contribution in [0.15, 0.2) is 52.3 Å². The number of benzene rings is 1. The number of hydrogen-bond donors (Lipinski definition) is 1. The number of rotatable bonds is 5. The summed E-state index contributed by atoms with van der Waals surface area (Å²) in [7, 11) is 0. The Labute approximate surface area is 160 Å². The van der Waals surface area contributed by atoms with Crippen LogP contribution in [0.25, 0.3) is 17.4 Å². The lowest BCUT2D eigenvalue weighted by Gasteiger charge is -2.17. The van der Waals surface area contributed by atoms with Crippen LogP contribution in [0.4, 0.5) is 4.79 Å². The zero-order chi connectivity index (χ0) is 19.7. The van der Waals surface area contributed by atoms with E-state index in [2.05, 4.69) is 6.58 Å². The first-order chi connectivity index (χ1) is 12.8. The third kappa shape index (κ3) is 3.59. The summed E-state index contributed by atoms with van der Waals surface area (Å²) in [5.41, 5.74) is 1.72. The maximum atomic E-state index is 12.4.